The van der Waals surface area contributed by atoms with Gasteiger partial charge in [-0.15, -0.1) is 0 Å². The molecular weight excluding hydrogens is 1610 g/mol. The number of alkyl halides is 32. The summed E-state index contributed by atoms with van der Waals surface area (Å²) >= 11 is 0. The van der Waals surface area contributed by atoms with Crippen LogP contribution in [0.25, 0.3) is 90.9 Å². The normalized spacial score (nSPS) is 13.9. The zero-order valence-corrected chi connectivity index (χ0v) is 55.9. The Morgan fingerprint density at radius 1 is 0.268 bits per heavy atom. The fourth-order valence-electron chi connectivity index (χ4n) is 10.7. The molecule has 8 bridgehead atoms. The monoisotopic (exact) mass is 1650 g/mol. The first-order valence-electron chi connectivity index (χ1n) is 30.8. The molecule has 0 spiro atoms. The van der Waals surface area contributed by atoms with E-state index < -0.39 is 169 Å². The van der Waals surface area contributed by atoms with Crippen molar-refractivity contribution < 1.29 is 178 Å². The minimum absolute atomic E-state index is 0.186. The second kappa shape index (κ2) is 30.3. The molecule has 112 heavy (non-hydrogen) atoms. The molecule has 0 saturated heterocycles. The van der Waals surface area contributed by atoms with Gasteiger partial charge in [0.25, 0.3) is 0 Å². The summed E-state index contributed by atoms with van der Waals surface area (Å²) in [6, 6.07) is 15.2. The summed E-state index contributed by atoms with van der Waals surface area (Å²) in [5.74, 6) is -84.7. The molecule has 2 aliphatic heterocycles. The molecule has 44 heteroatoms. The Balaban J connectivity index is 1.34. The van der Waals surface area contributed by atoms with Gasteiger partial charge in [-0.3, -0.25) is 0 Å². The van der Waals surface area contributed by atoms with Gasteiger partial charge in [0.1, 0.15) is 0 Å². The summed E-state index contributed by atoms with van der Waals surface area (Å²) in [4.78, 5) is 15.6. The fourth-order valence-corrected chi connectivity index (χ4v) is 10.7. The number of hydrogen-bond acceptors (Lipinski definition) is 10. The van der Waals surface area contributed by atoms with Gasteiger partial charge < -0.3 is 47.9 Å². The molecule has 610 valence electrons. The molecule has 4 aromatic carbocycles. The molecule has 2 N–H and O–H groups in total. The van der Waals surface area contributed by atoms with E-state index in [1.165, 1.54) is 48.6 Å². The minimum atomic E-state index is -6.78. The predicted octanol–water partition coefficient (Wildman–Crippen LogP) is 21.6. The van der Waals surface area contributed by atoms with Crippen LogP contribution >= 0.6 is 0 Å². The molecule has 2 aliphatic rings. The van der Waals surface area contributed by atoms with Crippen LogP contribution in [0.2, 0.25) is 0 Å². The molecule has 0 amide bonds. The third-order valence-corrected chi connectivity index (χ3v) is 16.8. The lowest BCUT2D eigenvalue weighted by Gasteiger charge is -2.32. The molecule has 0 radical (unpaired) electrons. The molecular formula is C68H46F32N4O8. The molecule has 9 rings (SSSR count). The number of rotatable bonds is 32. The van der Waals surface area contributed by atoms with E-state index in [0.717, 1.165) is 77.0 Å². The highest BCUT2D eigenvalue weighted by Crippen LogP contribution is 2.55. The second-order valence-corrected chi connectivity index (χ2v) is 23.9. The van der Waals surface area contributed by atoms with Crippen LogP contribution in [0.3, 0.4) is 0 Å². The topological polar surface area (TPSA) is 131 Å². The largest absolute Gasteiger partial charge is 0.493 e. The highest BCUT2D eigenvalue weighted by Gasteiger charge is 2.79. The van der Waals surface area contributed by atoms with E-state index in [1.807, 2.05) is 0 Å². The Bertz CT molecular complexity index is 4300. The van der Waals surface area contributed by atoms with Crippen LogP contribution in [0.15, 0.2) is 97.1 Å². The molecule has 0 unspecified atom stereocenters. The maximum atomic E-state index is 14.9. The van der Waals surface area contributed by atoms with Crippen LogP contribution in [0, 0.1) is 0 Å². The van der Waals surface area contributed by atoms with E-state index in [-0.39, 0.29) is 89.4 Å². The lowest BCUT2D eigenvalue weighted by atomic mass is 10.0. The average molecular weight is 1660 g/mol. The summed E-state index contributed by atoms with van der Waals surface area (Å²) in [5, 5.41) is 0. The Labute approximate surface area is 605 Å². The molecule has 0 saturated carbocycles. The molecule has 0 atom stereocenters. The van der Waals surface area contributed by atoms with Crippen molar-refractivity contribution in [2.45, 2.75) is 96.8 Å². The summed E-state index contributed by atoms with van der Waals surface area (Å²) in [6.07, 6.45) is -16.5. The number of nitrogens with one attached hydrogen (secondary N) is 2. The number of nitrogens with zero attached hydrogens (tertiary/aromatic N) is 2. The maximum absolute atomic E-state index is 14.9. The van der Waals surface area contributed by atoms with Crippen molar-refractivity contribution in [1.29, 1.82) is 0 Å². The number of H-pyrrole nitrogens is 2. The smallest absolute Gasteiger partial charge is 0.381 e. The number of aromatic amines is 2. The van der Waals surface area contributed by atoms with Crippen LogP contribution < -0.4 is 37.9 Å². The molecule has 7 aromatic rings. The molecule has 3 aromatic heterocycles. The van der Waals surface area contributed by atoms with Gasteiger partial charge in [-0.1, -0.05) is 24.3 Å². The first kappa shape index (κ1) is 85.6. The van der Waals surface area contributed by atoms with Crippen LogP contribution in [-0.2, 0) is 0 Å². The number of halogens is 32. The lowest BCUT2D eigenvalue weighted by Crippen LogP contribution is -2.59. The number of aromatic nitrogens is 4. The number of benzene rings is 4. The Kier molecular flexibility index (Phi) is 23.2. The van der Waals surface area contributed by atoms with Gasteiger partial charge in [-0.05, 0) is 119 Å². The summed E-state index contributed by atoms with van der Waals surface area (Å²) in [5.41, 5.74) is -3.55. The number of fused-ring (bicyclic) bond motifs is 8. The lowest BCUT2D eigenvalue weighted by molar-refractivity contribution is -0.342. The zero-order valence-electron chi connectivity index (χ0n) is 55.9. The third-order valence-electron chi connectivity index (χ3n) is 16.8. The van der Waals surface area contributed by atoms with E-state index in [2.05, 4.69) is 9.97 Å². The van der Waals surface area contributed by atoms with Crippen molar-refractivity contribution in [3.8, 4) is 90.5 Å². The third kappa shape index (κ3) is 15.1. The first-order valence-corrected chi connectivity index (χ1v) is 30.8. The van der Waals surface area contributed by atoms with Crippen molar-refractivity contribution in [3.05, 3.63) is 120 Å². The van der Waals surface area contributed by atoms with Crippen molar-refractivity contribution in [1.82, 2.24) is 19.9 Å². The first-order chi connectivity index (χ1) is 51.7. The highest BCUT2D eigenvalue weighted by molar-refractivity contribution is 6.00. The van der Waals surface area contributed by atoms with E-state index in [0.29, 0.717) is 24.3 Å². The van der Waals surface area contributed by atoms with Crippen LogP contribution in [0.5, 0.6) is 46.0 Å². The van der Waals surface area contributed by atoms with Crippen molar-refractivity contribution in [2.75, 3.05) is 54.9 Å². The SMILES string of the molecule is COc1cc(-c2c3nc(c(-c4ccc(OCC(F)(F)C(F)(F)C(F)(F)C(F)F)c(OC)c4)c4ccc([nH]4)c(-c4ccc(OCC(F)(F)C(F)(F)C(F)(F)C(F)F)c(OC)c4)c4nc(c(-c5ccc(OCC(F)(F)C(F)(F)C(F)(F)C(F)F)c(OC)c5)c5ccc2[nH]5)C=C4)C=C3)ccc1OCC(F)(F)C(F)(F)C(F)(F)C(F)F. The Hall–Kier alpha value is -10.4. The van der Waals surface area contributed by atoms with E-state index in [4.69, 9.17) is 47.9 Å². The Morgan fingerprint density at radius 2 is 0.446 bits per heavy atom. The van der Waals surface area contributed by atoms with Gasteiger partial charge >= 0.3 is 96.8 Å². The highest BCUT2D eigenvalue weighted by atomic mass is 19.4. The molecule has 0 fully saturated rings. The van der Waals surface area contributed by atoms with Crippen molar-refractivity contribution in [3.63, 3.8) is 0 Å². The summed E-state index contributed by atoms with van der Waals surface area (Å²) in [6.45, 7) is -10.9. The predicted molar refractivity (Wildman–Crippen MR) is 332 cm³/mol. The van der Waals surface area contributed by atoms with Crippen LogP contribution in [0.1, 0.15) is 22.8 Å². The van der Waals surface area contributed by atoms with Crippen molar-refractivity contribution in [2.24, 2.45) is 0 Å². The molecule has 12 nitrogen and oxygen atoms in total. The van der Waals surface area contributed by atoms with Gasteiger partial charge in [0.05, 0.1) is 51.2 Å². The van der Waals surface area contributed by atoms with Crippen LogP contribution in [0.4, 0.5) is 140 Å². The number of hydrogen-bond donors (Lipinski definition) is 2. The Morgan fingerprint density at radius 3 is 0.607 bits per heavy atom. The van der Waals surface area contributed by atoms with Gasteiger partial charge in [0.2, 0.25) is 0 Å². The van der Waals surface area contributed by atoms with Gasteiger partial charge in [-0.25, -0.2) is 45.1 Å². The van der Waals surface area contributed by atoms with Gasteiger partial charge in [0, 0.05) is 44.3 Å². The number of ether oxygens (including phenoxy) is 8. The van der Waals surface area contributed by atoms with E-state index >= 15 is 0 Å². The van der Waals surface area contributed by atoms with Crippen molar-refractivity contribution >= 4 is 46.4 Å². The van der Waals surface area contributed by atoms with E-state index in [1.54, 1.807) is 0 Å². The van der Waals surface area contributed by atoms with E-state index in [9.17, 15) is 140 Å². The summed E-state index contributed by atoms with van der Waals surface area (Å²) < 4.78 is 491. The zero-order chi connectivity index (χ0) is 83.6. The van der Waals surface area contributed by atoms with Crippen LogP contribution in [-0.4, -0.2) is 172 Å². The molecule has 5 heterocycles. The average Bonchev–Trinajstić information content (AvgIpc) is 1.65. The number of methoxy groups -OCH3 is 4. The standard InChI is InChI=1S/C68H46F32N4O8/c1-105-45-21-29(5-17-41(45)109-25-57(77,78)65(93,94)61(85,86)53(69)70)49-33-9-11-35(101-33)50(30-6-18-42(46(22-30)106-2)110-26-58(79,80)66(95,96)62(87,88)54(71)72)37-13-15-39(103-37)52(32-8-20-44(48(24-32)108-4)112-28-60(83,84)68(99,100)64(91,92)56(75)76)40-16-14-38(104-40)51(36-12-10-34(49)102-36)31-7-19-43(47(23-31)107-3)111-27-59(81,82)67(97,98)63(89,90)55(73)74/h5-24,53-56,101,104H,25-28H2,1-4H3. The molecule has 0 aliphatic carbocycles. The second-order valence-electron chi connectivity index (χ2n) is 23.9. The quantitative estimate of drug-likeness (QED) is 0.0393. The van der Waals surface area contributed by atoms with Gasteiger partial charge in [-0.2, -0.15) is 105 Å². The fraction of sp³-hybridized carbons (Fsp3) is 0.353. The summed E-state index contributed by atoms with van der Waals surface area (Å²) in [7, 11) is 3.27. The maximum Gasteiger partial charge on any atom is 0.381 e. The minimum Gasteiger partial charge on any atom is -0.493 e. The van der Waals surface area contributed by atoms with Gasteiger partial charge in [0.15, 0.2) is 72.4 Å².